The SMILES string of the molecule is CCCN1C(=O)[C@@H]2[C@@H](CC(C)=C3[C@@H](CC/C(C)=C/c4ccc(O)cc4Cl)OB(O)C[C@@H]32)C1=O. The van der Waals surface area contributed by atoms with Gasteiger partial charge in [-0.3, -0.25) is 14.5 Å². The van der Waals surface area contributed by atoms with Crippen molar-refractivity contribution < 1.29 is 24.4 Å². The Hall–Kier alpha value is -2.09. The quantitative estimate of drug-likeness (QED) is 0.363. The number of imide groups is 1. The van der Waals surface area contributed by atoms with Gasteiger partial charge in [-0.25, -0.2) is 0 Å². The molecular weight excluding hydrogens is 441 g/mol. The van der Waals surface area contributed by atoms with E-state index < -0.39 is 13.0 Å². The zero-order valence-electron chi connectivity index (χ0n) is 19.4. The molecule has 1 aromatic rings. The van der Waals surface area contributed by atoms with E-state index in [1.165, 1.54) is 11.0 Å². The maximum atomic E-state index is 13.2. The van der Waals surface area contributed by atoms with Crippen molar-refractivity contribution in [2.45, 2.75) is 58.9 Å². The minimum absolute atomic E-state index is 0.0627. The maximum Gasteiger partial charge on any atom is 0.455 e. The standard InChI is InChI=1S/C25H31BClNO5/c1-4-9-28-24(30)18-11-15(3)22-19(23(18)25(28)31)13-26(32)33-21(22)8-5-14(2)10-16-6-7-17(29)12-20(16)27/h6-7,10,12,18-19,21,23,29,32H,4-5,8-9,11,13H2,1-3H3/b14-10+/t18-,19+,21-,23-/m1/s1. The zero-order valence-corrected chi connectivity index (χ0v) is 20.1. The molecule has 8 heteroatoms. The van der Waals surface area contributed by atoms with Gasteiger partial charge in [-0.1, -0.05) is 35.7 Å². The first-order valence-corrected chi connectivity index (χ1v) is 12.1. The van der Waals surface area contributed by atoms with Crippen molar-refractivity contribution in [3.63, 3.8) is 0 Å². The number of aromatic hydroxyl groups is 1. The van der Waals surface area contributed by atoms with Crippen LogP contribution in [0.15, 0.2) is 34.9 Å². The zero-order chi connectivity index (χ0) is 23.9. The molecule has 2 aliphatic heterocycles. The number of hydrogen-bond acceptors (Lipinski definition) is 5. The highest BCUT2D eigenvalue weighted by Gasteiger charge is 2.56. The number of allylic oxidation sites excluding steroid dienone is 2. The van der Waals surface area contributed by atoms with Crippen LogP contribution < -0.4 is 0 Å². The number of amides is 2. The lowest BCUT2D eigenvalue weighted by Crippen LogP contribution is -2.46. The normalized spacial score (nSPS) is 27.8. The molecule has 3 aliphatic rings. The number of fused-ring (bicyclic) bond motifs is 3. The monoisotopic (exact) mass is 471 g/mol. The van der Waals surface area contributed by atoms with Gasteiger partial charge in [0, 0.05) is 6.54 Å². The van der Waals surface area contributed by atoms with E-state index in [-0.39, 0.29) is 35.5 Å². The fourth-order valence-corrected chi connectivity index (χ4v) is 5.99. The molecule has 33 heavy (non-hydrogen) atoms. The van der Waals surface area contributed by atoms with E-state index >= 15 is 0 Å². The number of phenolic OH excluding ortho intramolecular Hbond substituents is 1. The molecule has 6 nitrogen and oxygen atoms in total. The van der Waals surface area contributed by atoms with Gasteiger partial charge in [0.05, 0.1) is 23.0 Å². The molecule has 2 N–H and O–H groups in total. The summed E-state index contributed by atoms with van der Waals surface area (Å²) in [7, 11) is -0.950. The van der Waals surface area contributed by atoms with Crippen molar-refractivity contribution in [2.75, 3.05) is 6.54 Å². The van der Waals surface area contributed by atoms with Crippen LogP contribution in [0.1, 0.15) is 52.0 Å². The number of phenols is 1. The summed E-state index contributed by atoms with van der Waals surface area (Å²) >= 11 is 6.23. The van der Waals surface area contributed by atoms with E-state index in [9.17, 15) is 19.7 Å². The van der Waals surface area contributed by atoms with Gasteiger partial charge in [-0.15, -0.1) is 0 Å². The summed E-state index contributed by atoms with van der Waals surface area (Å²) in [4.78, 5) is 27.5. The second kappa shape index (κ2) is 9.65. The lowest BCUT2D eigenvalue weighted by atomic mass is 9.59. The largest absolute Gasteiger partial charge is 0.508 e. The summed E-state index contributed by atoms with van der Waals surface area (Å²) in [6.07, 6.45) is 4.75. The molecule has 176 valence electrons. The Kier molecular flexibility index (Phi) is 7.03. The van der Waals surface area contributed by atoms with Crippen molar-refractivity contribution in [1.29, 1.82) is 0 Å². The fraction of sp³-hybridized carbons (Fsp3) is 0.520. The number of nitrogens with zero attached hydrogens (tertiary/aromatic N) is 1. The minimum Gasteiger partial charge on any atom is -0.508 e. The van der Waals surface area contributed by atoms with Crippen LogP contribution in [0.25, 0.3) is 6.08 Å². The minimum atomic E-state index is -0.950. The molecule has 1 aromatic carbocycles. The van der Waals surface area contributed by atoms with Gasteiger partial charge in [-0.2, -0.15) is 0 Å². The molecule has 0 bridgehead atoms. The lowest BCUT2D eigenvalue weighted by molar-refractivity contribution is -0.140. The number of carbonyl (C=O) groups excluding carboxylic acids is 2. The van der Waals surface area contributed by atoms with E-state index in [1.807, 2.05) is 26.8 Å². The van der Waals surface area contributed by atoms with Gasteiger partial charge in [-0.05, 0) is 81.1 Å². The molecule has 0 radical (unpaired) electrons. The van der Waals surface area contributed by atoms with Gasteiger partial charge < -0.3 is 14.8 Å². The molecule has 0 aromatic heterocycles. The summed E-state index contributed by atoms with van der Waals surface area (Å²) < 4.78 is 5.95. The van der Waals surface area contributed by atoms with E-state index in [2.05, 4.69) is 0 Å². The Labute approximate surface area is 200 Å². The Bertz CT molecular complexity index is 1020. The van der Waals surface area contributed by atoms with Gasteiger partial charge >= 0.3 is 7.12 Å². The predicted molar refractivity (Wildman–Crippen MR) is 128 cm³/mol. The first-order chi connectivity index (χ1) is 15.7. The number of carbonyl (C=O) groups is 2. The molecule has 0 saturated carbocycles. The highest BCUT2D eigenvalue weighted by Crippen LogP contribution is 2.50. The van der Waals surface area contributed by atoms with Crippen LogP contribution in [-0.4, -0.2) is 46.6 Å². The third kappa shape index (κ3) is 4.64. The third-order valence-electron chi connectivity index (χ3n) is 7.18. The molecule has 2 fully saturated rings. The summed E-state index contributed by atoms with van der Waals surface area (Å²) in [5, 5.41) is 20.5. The number of hydrogen-bond donors (Lipinski definition) is 2. The van der Waals surface area contributed by atoms with Crippen molar-refractivity contribution in [3.05, 3.63) is 45.5 Å². The number of rotatable bonds is 6. The Balaban J connectivity index is 1.54. The van der Waals surface area contributed by atoms with Crippen LogP contribution in [0.3, 0.4) is 0 Å². The molecule has 2 amide bonds. The lowest BCUT2D eigenvalue weighted by Gasteiger charge is -2.42. The average molecular weight is 472 g/mol. The third-order valence-corrected chi connectivity index (χ3v) is 7.50. The molecule has 2 heterocycles. The van der Waals surface area contributed by atoms with Gasteiger partial charge in [0.25, 0.3) is 0 Å². The topological polar surface area (TPSA) is 87.1 Å². The smallest absolute Gasteiger partial charge is 0.455 e. The molecule has 0 unspecified atom stereocenters. The van der Waals surface area contributed by atoms with Crippen LogP contribution in [0.5, 0.6) is 5.75 Å². The van der Waals surface area contributed by atoms with Crippen molar-refractivity contribution >= 4 is 36.6 Å². The van der Waals surface area contributed by atoms with Crippen LogP contribution in [-0.2, 0) is 14.2 Å². The predicted octanol–water partition coefficient (Wildman–Crippen LogP) is 4.46. The van der Waals surface area contributed by atoms with Crippen LogP contribution in [0.2, 0.25) is 11.3 Å². The molecule has 0 spiro atoms. The number of halogens is 1. The van der Waals surface area contributed by atoms with Gasteiger partial charge in [0.15, 0.2) is 0 Å². The first-order valence-electron chi connectivity index (χ1n) is 11.7. The summed E-state index contributed by atoms with van der Waals surface area (Å²) in [6, 6.07) is 4.89. The fourth-order valence-electron chi connectivity index (χ4n) is 5.76. The first kappa shape index (κ1) is 24.1. The molecule has 2 saturated heterocycles. The van der Waals surface area contributed by atoms with Crippen LogP contribution in [0.4, 0.5) is 0 Å². The number of benzene rings is 1. The summed E-state index contributed by atoms with van der Waals surface area (Å²) in [6.45, 7) is 6.47. The summed E-state index contributed by atoms with van der Waals surface area (Å²) in [5.74, 6) is -0.897. The second-order valence-corrected chi connectivity index (χ2v) is 9.96. The molecule has 4 atom stereocenters. The van der Waals surface area contributed by atoms with Crippen LogP contribution in [0, 0.1) is 17.8 Å². The Morgan fingerprint density at radius 1 is 1.30 bits per heavy atom. The maximum absolute atomic E-state index is 13.2. The molecule has 4 rings (SSSR count). The van der Waals surface area contributed by atoms with E-state index in [0.29, 0.717) is 30.7 Å². The van der Waals surface area contributed by atoms with Crippen LogP contribution >= 0.6 is 11.6 Å². The van der Waals surface area contributed by atoms with Crippen molar-refractivity contribution in [2.24, 2.45) is 17.8 Å². The number of likely N-dealkylation sites (tertiary alicyclic amines) is 1. The molecule has 1 aliphatic carbocycles. The van der Waals surface area contributed by atoms with E-state index in [1.54, 1.807) is 12.1 Å². The molecular formula is C25H31BClNO5. The average Bonchev–Trinajstić information content (AvgIpc) is 2.98. The van der Waals surface area contributed by atoms with E-state index in [0.717, 1.165) is 35.1 Å². The Morgan fingerprint density at radius 3 is 2.76 bits per heavy atom. The second-order valence-electron chi connectivity index (χ2n) is 9.56. The van der Waals surface area contributed by atoms with Gasteiger partial charge in [0.2, 0.25) is 11.8 Å². The highest BCUT2D eigenvalue weighted by molar-refractivity contribution is 6.43. The Morgan fingerprint density at radius 2 is 2.06 bits per heavy atom. The van der Waals surface area contributed by atoms with Crippen molar-refractivity contribution in [3.8, 4) is 5.75 Å². The van der Waals surface area contributed by atoms with Crippen molar-refractivity contribution in [1.82, 2.24) is 4.90 Å². The van der Waals surface area contributed by atoms with E-state index in [4.69, 9.17) is 16.3 Å². The van der Waals surface area contributed by atoms with Gasteiger partial charge in [0.1, 0.15) is 5.75 Å². The summed E-state index contributed by atoms with van der Waals surface area (Å²) in [5.41, 5.74) is 4.13. The highest BCUT2D eigenvalue weighted by atomic mass is 35.5.